The Balaban J connectivity index is 0.000000133. The van der Waals surface area contributed by atoms with E-state index in [0.29, 0.717) is 0 Å². The molecule has 6 aromatic heterocycles. The molecule has 0 saturated carbocycles. The quantitative estimate of drug-likeness (QED) is 0.143. The predicted octanol–water partition coefficient (Wildman–Crippen LogP) is 26.7. The fourth-order valence-electron chi connectivity index (χ4n) is 14.6. The van der Waals surface area contributed by atoms with Crippen molar-refractivity contribution in [2.45, 2.75) is 0 Å². The van der Waals surface area contributed by atoms with Crippen molar-refractivity contribution in [1.82, 2.24) is 9.13 Å². The molecule has 14 aromatic carbocycles. The van der Waals surface area contributed by atoms with E-state index in [1.807, 2.05) is 45.3 Å². The molecule has 6 heterocycles. The standard InChI is InChI=1S/2C44H27NS2/c1-3-13-28(14-4-1)32-20-11-22-36-41-34(21-12-24-40(41)47-43(32)36)33-18-8-7-17-31(33)29-25-26-39-37(27-29)42-44(46-39)35-19-9-10-23-38(35)45(42)30-15-5-2-6-16-30;1-3-12-28(13-4-1)29-22-24-40-37(26-29)35-20-11-19-34(43(35)46-40)33-17-8-7-16-32(33)30-23-25-41-38(27-30)42-44(47-41)36-18-9-10-21-39(36)45(42)31-14-5-2-6-15-31/h2*1-27H. The van der Waals surface area contributed by atoms with Crippen LogP contribution in [-0.4, -0.2) is 9.13 Å². The van der Waals surface area contributed by atoms with E-state index in [1.165, 1.54) is 181 Å². The van der Waals surface area contributed by atoms with Crippen molar-refractivity contribution >= 4 is 148 Å². The summed E-state index contributed by atoms with van der Waals surface area (Å²) in [6, 6.07) is 120. The molecule has 0 aliphatic heterocycles. The number of hydrogen-bond donors (Lipinski definition) is 0. The van der Waals surface area contributed by atoms with Gasteiger partial charge in [0.05, 0.1) is 31.5 Å². The fourth-order valence-corrected chi connectivity index (χ4v) is 19.5. The van der Waals surface area contributed by atoms with Gasteiger partial charge in [-0.3, -0.25) is 0 Å². The Hall–Kier alpha value is -11.0. The van der Waals surface area contributed by atoms with Crippen LogP contribution in [0.25, 0.3) is 181 Å². The van der Waals surface area contributed by atoms with Crippen LogP contribution < -0.4 is 0 Å². The molecule has 0 bridgehead atoms. The minimum atomic E-state index is 1.19. The first-order chi connectivity index (χ1) is 46.6. The lowest BCUT2D eigenvalue weighted by Crippen LogP contribution is -1.93. The minimum Gasteiger partial charge on any atom is -0.308 e. The van der Waals surface area contributed by atoms with Crippen LogP contribution in [0.4, 0.5) is 0 Å². The lowest BCUT2D eigenvalue weighted by atomic mass is 9.91. The molecule has 0 spiro atoms. The summed E-state index contributed by atoms with van der Waals surface area (Å²) in [6.07, 6.45) is 0. The maximum Gasteiger partial charge on any atom is 0.0727 e. The summed E-state index contributed by atoms with van der Waals surface area (Å²) in [5, 5.41) is 10.5. The monoisotopic (exact) mass is 1270 g/mol. The molecule has 0 aliphatic carbocycles. The summed E-state index contributed by atoms with van der Waals surface area (Å²) < 4.78 is 15.5. The number of para-hydroxylation sites is 4. The molecule has 0 unspecified atom stereocenters. The van der Waals surface area contributed by atoms with Gasteiger partial charge in [0, 0.05) is 88.2 Å². The van der Waals surface area contributed by atoms with Gasteiger partial charge in [-0.25, -0.2) is 0 Å². The number of aromatic nitrogens is 2. The van der Waals surface area contributed by atoms with Gasteiger partial charge in [0.2, 0.25) is 0 Å². The largest absolute Gasteiger partial charge is 0.308 e. The molecular weight excluding hydrogens is 1210 g/mol. The van der Waals surface area contributed by atoms with Crippen LogP contribution in [0, 0.1) is 0 Å². The van der Waals surface area contributed by atoms with E-state index in [0.717, 1.165) is 0 Å². The van der Waals surface area contributed by atoms with Gasteiger partial charge in [-0.2, -0.15) is 0 Å². The van der Waals surface area contributed by atoms with Gasteiger partial charge in [-0.05, 0) is 140 Å². The second kappa shape index (κ2) is 22.4. The van der Waals surface area contributed by atoms with Crippen molar-refractivity contribution in [2.75, 3.05) is 0 Å². The molecule has 94 heavy (non-hydrogen) atoms. The molecule has 0 saturated heterocycles. The van der Waals surface area contributed by atoms with E-state index in [-0.39, 0.29) is 0 Å². The van der Waals surface area contributed by atoms with Crippen molar-refractivity contribution in [3.05, 3.63) is 328 Å². The molecule has 2 nitrogen and oxygen atoms in total. The zero-order valence-corrected chi connectivity index (χ0v) is 54.0. The predicted molar refractivity (Wildman–Crippen MR) is 411 cm³/mol. The number of nitrogens with zero attached hydrogens (tertiary/aromatic N) is 2. The van der Waals surface area contributed by atoms with Crippen molar-refractivity contribution in [2.24, 2.45) is 0 Å². The van der Waals surface area contributed by atoms with Crippen LogP contribution in [0.2, 0.25) is 0 Å². The molecule has 0 aliphatic rings. The van der Waals surface area contributed by atoms with Crippen LogP contribution in [0.1, 0.15) is 0 Å². The maximum absolute atomic E-state index is 2.45. The first-order valence-electron chi connectivity index (χ1n) is 31.9. The normalized spacial score (nSPS) is 11.8. The summed E-state index contributed by atoms with van der Waals surface area (Å²) in [7, 11) is 0. The van der Waals surface area contributed by atoms with E-state index in [1.54, 1.807) is 0 Å². The third kappa shape index (κ3) is 8.86. The first kappa shape index (κ1) is 54.7. The lowest BCUT2D eigenvalue weighted by Gasteiger charge is -2.13. The second-order valence-electron chi connectivity index (χ2n) is 24.1. The number of benzene rings is 14. The Labute approximate surface area is 558 Å². The molecule has 0 radical (unpaired) electrons. The van der Waals surface area contributed by atoms with Crippen LogP contribution in [0.15, 0.2) is 328 Å². The average Bonchev–Trinajstić information content (AvgIpc) is 1.57. The van der Waals surface area contributed by atoms with E-state index < -0.39 is 0 Å². The summed E-state index contributed by atoms with van der Waals surface area (Å²) >= 11 is 7.59. The lowest BCUT2D eigenvalue weighted by molar-refractivity contribution is 1.19. The molecule has 0 N–H and O–H groups in total. The Kier molecular flexibility index (Phi) is 13.1. The Morgan fingerprint density at radius 2 is 0.574 bits per heavy atom. The Morgan fingerprint density at radius 3 is 1.16 bits per heavy atom. The molecular formula is C88H54N2S4. The van der Waals surface area contributed by atoms with Crippen molar-refractivity contribution in [1.29, 1.82) is 0 Å². The Bertz CT molecular complexity index is 6340. The van der Waals surface area contributed by atoms with Crippen LogP contribution in [0.3, 0.4) is 0 Å². The van der Waals surface area contributed by atoms with Crippen molar-refractivity contribution < 1.29 is 0 Å². The van der Waals surface area contributed by atoms with Gasteiger partial charge >= 0.3 is 0 Å². The molecule has 6 heteroatoms. The highest BCUT2D eigenvalue weighted by Gasteiger charge is 2.23. The van der Waals surface area contributed by atoms with Gasteiger partial charge in [0.15, 0.2) is 0 Å². The van der Waals surface area contributed by atoms with E-state index >= 15 is 0 Å². The molecule has 440 valence electrons. The highest BCUT2D eigenvalue weighted by molar-refractivity contribution is 7.28. The molecule has 0 amide bonds. The maximum atomic E-state index is 2.45. The zero-order chi connectivity index (χ0) is 61.8. The molecule has 0 atom stereocenters. The average molecular weight is 1270 g/mol. The van der Waals surface area contributed by atoms with Gasteiger partial charge in [-0.1, -0.05) is 249 Å². The number of thiophene rings is 4. The van der Waals surface area contributed by atoms with E-state index in [2.05, 4.69) is 337 Å². The number of fused-ring (bicyclic) bond motifs is 16. The van der Waals surface area contributed by atoms with Crippen molar-refractivity contribution in [3.63, 3.8) is 0 Å². The molecule has 20 rings (SSSR count). The summed E-state index contributed by atoms with van der Waals surface area (Å²) in [6.45, 7) is 0. The van der Waals surface area contributed by atoms with Gasteiger partial charge < -0.3 is 9.13 Å². The van der Waals surface area contributed by atoms with Crippen LogP contribution in [0.5, 0.6) is 0 Å². The molecule has 0 fully saturated rings. The smallest absolute Gasteiger partial charge is 0.0727 e. The summed E-state index contributed by atoms with van der Waals surface area (Å²) in [4.78, 5) is 0. The highest BCUT2D eigenvalue weighted by Crippen LogP contribution is 2.50. The van der Waals surface area contributed by atoms with Gasteiger partial charge in [0.25, 0.3) is 0 Å². The second-order valence-corrected chi connectivity index (χ2v) is 28.3. The van der Waals surface area contributed by atoms with Crippen LogP contribution >= 0.6 is 45.3 Å². The minimum absolute atomic E-state index is 1.19. The van der Waals surface area contributed by atoms with E-state index in [9.17, 15) is 0 Å². The SMILES string of the molecule is c1ccc(-c2ccc3sc4c(-c5ccccc5-c5ccc6sc7c8ccccc8n(-c8ccccc8)c7c6c5)cccc4c3c2)cc1.c1ccc(-c2cccc3c2sc2cccc(-c4ccccc4-c4ccc5sc6c7ccccc7n(-c7ccccc7)c6c5c4)c23)cc1. The zero-order valence-electron chi connectivity index (χ0n) is 50.7. The molecule has 20 aromatic rings. The third-order valence-electron chi connectivity index (χ3n) is 18.8. The Morgan fingerprint density at radius 1 is 0.191 bits per heavy atom. The highest BCUT2D eigenvalue weighted by atomic mass is 32.1. The fraction of sp³-hybridized carbons (Fsp3) is 0. The third-order valence-corrected chi connectivity index (χ3v) is 23.7. The van der Waals surface area contributed by atoms with Gasteiger partial charge in [-0.15, -0.1) is 45.3 Å². The number of rotatable bonds is 8. The van der Waals surface area contributed by atoms with E-state index in [4.69, 9.17) is 0 Å². The summed E-state index contributed by atoms with van der Waals surface area (Å²) in [5.74, 6) is 0. The van der Waals surface area contributed by atoms with Crippen molar-refractivity contribution in [3.8, 4) is 78.1 Å². The van der Waals surface area contributed by atoms with Gasteiger partial charge in [0.1, 0.15) is 0 Å². The number of hydrogen-bond acceptors (Lipinski definition) is 4. The topological polar surface area (TPSA) is 9.86 Å². The van der Waals surface area contributed by atoms with Crippen LogP contribution in [-0.2, 0) is 0 Å². The summed E-state index contributed by atoms with van der Waals surface area (Å²) in [5.41, 5.74) is 22.6. The first-order valence-corrected chi connectivity index (χ1v) is 35.1.